The van der Waals surface area contributed by atoms with Crippen molar-refractivity contribution < 1.29 is 29.0 Å². The van der Waals surface area contributed by atoms with Crippen LogP contribution in [0.5, 0.6) is 11.5 Å². The lowest BCUT2D eigenvalue weighted by atomic mass is 9.93. The Balaban J connectivity index is 1.33. The van der Waals surface area contributed by atoms with Crippen LogP contribution in [0, 0.1) is 17.8 Å². The topological polar surface area (TPSA) is 131 Å². The van der Waals surface area contributed by atoms with E-state index in [2.05, 4.69) is 19.2 Å². The highest BCUT2D eigenvalue weighted by molar-refractivity contribution is 7.13. The van der Waals surface area contributed by atoms with Crippen molar-refractivity contribution in [1.29, 1.82) is 0 Å². The molecule has 3 aromatic rings. The number of nitrogens with zero attached hydrogens (tertiary/aromatic N) is 3. The summed E-state index contributed by atoms with van der Waals surface area (Å²) in [6.45, 7) is 4.79. The minimum Gasteiger partial charge on any atom is -0.497 e. The number of allylic oxidation sites excluding steroid dienone is 1. The summed E-state index contributed by atoms with van der Waals surface area (Å²) in [6, 6.07) is 7.48. The Labute approximate surface area is 266 Å². The summed E-state index contributed by atoms with van der Waals surface area (Å²) in [6.07, 6.45) is 6.97. The molecule has 3 aliphatic rings. The van der Waals surface area contributed by atoms with E-state index in [1.54, 1.807) is 19.1 Å². The highest BCUT2D eigenvalue weighted by Crippen LogP contribution is 2.47. The largest absolute Gasteiger partial charge is 0.497 e. The van der Waals surface area contributed by atoms with Crippen molar-refractivity contribution in [3.63, 3.8) is 0 Å². The van der Waals surface area contributed by atoms with Gasteiger partial charge in [0.1, 0.15) is 33.8 Å². The fourth-order valence-corrected chi connectivity index (χ4v) is 7.49. The Morgan fingerprint density at radius 3 is 2.69 bits per heavy atom. The third-order valence-corrected chi connectivity index (χ3v) is 10.3. The number of fused-ring (bicyclic) bond motifs is 3. The van der Waals surface area contributed by atoms with Gasteiger partial charge in [-0.3, -0.25) is 9.59 Å². The molecule has 2 N–H and O–H groups in total. The van der Waals surface area contributed by atoms with Gasteiger partial charge in [-0.15, -0.1) is 11.3 Å². The van der Waals surface area contributed by atoms with Gasteiger partial charge in [0.25, 0.3) is 0 Å². The number of benzene rings is 1. The van der Waals surface area contributed by atoms with Crippen LogP contribution in [0.4, 0.5) is 0 Å². The van der Waals surface area contributed by atoms with Crippen LogP contribution >= 0.6 is 11.3 Å². The molecule has 6 rings (SSSR count). The number of carbonyl (C=O) groups is 3. The minimum atomic E-state index is -1.33. The number of carbonyl (C=O) groups excluding carboxylic acids is 2. The molecule has 2 aromatic heterocycles. The van der Waals surface area contributed by atoms with E-state index in [1.165, 1.54) is 11.3 Å². The summed E-state index contributed by atoms with van der Waals surface area (Å²) in [7, 11) is 3.38. The van der Waals surface area contributed by atoms with Gasteiger partial charge in [0.15, 0.2) is 0 Å². The zero-order chi connectivity index (χ0) is 31.9. The normalized spacial score (nSPS) is 27.8. The molecule has 10 nitrogen and oxygen atoms in total. The van der Waals surface area contributed by atoms with Gasteiger partial charge in [0.2, 0.25) is 11.8 Å². The molecule has 0 spiro atoms. The lowest BCUT2D eigenvalue weighted by molar-refractivity contribution is -0.145. The minimum absolute atomic E-state index is 0.111. The third-order valence-electron chi connectivity index (χ3n) is 9.38. The van der Waals surface area contributed by atoms with E-state index in [9.17, 15) is 19.5 Å². The van der Waals surface area contributed by atoms with Crippen molar-refractivity contribution in [3.8, 4) is 22.2 Å². The van der Waals surface area contributed by atoms with Crippen LogP contribution < -0.4 is 14.8 Å². The molecule has 1 aliphatic heterocycles. The first-order valence-corrected chi connectivity index (χ1v) is 16.6. The van der Waals surface area contributed by atoms with E-state index in [0.717, 1.165) is 35.4 Å². The Morgan fingerprint density at radius 2 is 1.96 bits per heavy atom. The second-order valence-corrected chi connectivity index (χ2v) is 13.7. The molecule has 3 heterocycles. The monoisotopic (exact) mass is 632 g/mol. The van der Waals surface area contributed by atoms with Gasteiger partial charge in [0, 0.05) is 42.4 Å². The first-order valence-electron chi connectivity index (χ1n) is 15.7. The van der Waals surface area contributed by atoms with E-state index >= 15 is 0 Å². The van der Waals surface area contributed by atoms with E-state index in [4.69, 9.17) is 19.4 Å². The summed E-state index contributed by atoms with van der Waals surface area (Å²) in [5, 5.41) is 16.5. The number of pyridine rings is 1. The fourth-order valence-electron chi connectivity index (χ4n) is 6.55. The van der Waals surface area contributed by atoms with Crippen LogP contribution in [0.15, 0.2) is 41.8 Å². The van der Waals surface area contributed by atoms with Crippen molar-refractivity contribution in [3.05, 3.63) is 47.5 Å². The highest BCUT2D eigenvalue weighted by atomic mass is 32.1. The number of aromatic nitrogens is 2. The number of thiazole rings is 1. The maximum absolute atomic E-state index is 13.8. The number of amides is 2. The number of aliphatic carboxylic acids is 1. The van der Waals surface area contributed by atoms with Crippen molar-refractivity contribution in [1.82, 2.24) is 20.2 Å². The van der Waals surface area contributed by atoms with Crippen molar-refractivity contribution in [2.24, 2.45) is 17.8 Å². The van der Waals surface area contributed by atoms with E-state index < -0.39 is 35.4 Å². The molecule has 2 saturated carbocycles. The van der Waals surface area contributed by atoms with Crippen LogP contribution in [0.25, 0.3) is 21.6 Å². The number of carboxylic acid groups (broad SMARTS) is 1. The summed E-state index contributed by atoms with van der Waals surface area (Å²) in [5.74, 6) is -1.62. The zero-order valence-electron chi connectivity index (χ0n) is 26.1. The maximum Gasteiger partial charge on any atom is 0.330 e. The van der Waals surface area contributed by atoms with Crippen LogP contribution in [-0.4, -0.2) is 70.1 Å². The molecular formula is C34H40N4O6S. The molecule has 2 fully saturated rings. The van der Waals surface area contributed by atoms with Crippen molar-refractivity contribution >= 4 is 40.0 Å². The Kier molecular flexibility index (Phi) is 8.56. The van der Waals surface area contributed by atoms with Gasteiger partial charge in [-0.1, -0.05) is 26.0 Å². The molecule has 2 aliphatic carbocycles. The second kappa shape index (κ2) is 12.4. The summed E-state index contributed by atoms with van der Waals surface area (Å²) in [5.41, 5.74) is 1.02. The van der Waals surface area contributed by atoms with Crippen LogP contribution in [0.2, 0.25) is 0 Å². The van der Waals surface area contributed by atoms with Crippen LogP contribution in [-0.2, 0) is 14.4 Å². The first kappa shape index (κ1) is 31.0. The smallest absolute Gasteiger partial charge is 0.330 e. The quantitative estimate of drug-likeness (QED) is 0.345. The lowest BCUT2D eigenvalue weighted by Crippen LogP contribution is -2.49. The molecule has 45 heavy (non-hydrogen) atoms. The van der Waals surface area contributed by atoms with Gasteiger partial charge in [-0.2, -0.15) is 0 Å². The predicted molar refractivity (Wildman–Crippen MR) is 171 cm³/mol. The van der Waals surface area contributed by atoms with Gasteiger partial charge < -0.3 is 24.8 Å². The van der Waals surface area contributed by atoms with Gasteiger partial charge in [0.05, 0.1) is 30.2 Å². The predicted octanol–water partition coefficient (Wildman–Crippen LogP) is 5.42. The SMILES string of the molecule is COc1ccc2c(O[C@@H]3C[C@H]4C(=O)N[C@]5(C(=O)O)C[C@H]5/C=C\CCCCN(C)C(=O)[C@@H]4C3)cc(-c3nc(C(C)C)cs3)nc2c1. The van der Waals surface area contributed by atoms with Crippen LogP contribution in [0.1, 0.15) is 64.0 Å². The van der Waals surface area contributed by atoms with Crippen molar-refractivity contribution in [2.45, 2.75) is 69.9 Å². The van der Waals surface area contributed by atoms with Gasteiger partial charge in [-0.25, -0.2) is 14.8 Å². The van der Waals surface area contributed by atoms with E-state index in [0.29, 0.717) is 42.1 Å². The Bertz CT molecular complexity index is 1650. The molecule has 2 amide bonds. The lowest BCUT2D eigenvalue weighted by Gasteiger charge is -2.26. The standard InChI is InChI=1S/C34H40N4O6S/c1-19(2)28-18-45-31(36-28)27-16-29(23-11-10-21(43-4)15-26(23)35-27)44-22-13-24-25(14-22)32(40)38(3)12-8-6-5-7-9-20-17-34(20,33(41)42)37-30(24)39/h7,9-11,15-16,18-20,22,24-25H,5-6,8,12-14,17H2,1-4H3,(H,37,39)(H,41,42)/b9-7-/t20-,22-,24-,25-,34-/m1/s1. The molecule has 5 atom stereocenters. The van der Waals surface area contributed by atoms with Crippen molar-refractivity contribution in [2.75, 3.05) is 20.7 Å². The number of carboxylic acids is 1. The zero-order valence-corrected chi connectivity index (χ0v) is 26.9. The second-order valence-electron chi connectivity index (χ2n) is 12.8. The molecule has 11 heteroatoms. The summed E-state index contributed by atoms with van der Waals surface area (Å²) in [4.78, 5) is 51.2. The third kappa shape index (κ3) is 6.14. The number of ether oxygens (including phenoxy) is 2. The molecule has 0 bridgehead atoms. The Morgan fingerprint density at radius 1 is 1.16 bits per heavy atom. The number of nitrogens with one attached hydrogen (secondary N) is 1. The molecule has 0 saturated heterocycles. The summed E-state index contributed by atoms with van der Waals surface area (Å²) >= 11 is 1.52. The molecule has 0 unspecified atom stereocenters. The highest BCUT2D eigenvalue weighted by Gasteiger charge is 2.61. The first-order chi connectivity index (χ1) is 21.6. The number of hydrogen-bond donors (Lipinski definition) is 2. The average Bonchev–Trinajstić information content (AvgIpc) is 3.33. The van der Waals surface area contributed by atoms with Gasteiger partial charge >= 0.3 is 5.97 Å². The van der Waals surface area contributed by atoms with Gasteiger partial charge in [-0.05, 0) is 56.6 Å². The summed E-state index contributed by atoms with van der Waals surface area (Å²) < 4.78 is 12.1. The molecule has 0 radical (unpaired) electrons. The fraction of sp³-hybridized carbons (Fsp3) is 0.500. The average molecular weight is 633 g/mol. The van der Waals surface area contributed by atoms with Crippen LogP contribution in [0.3, 0.4) is 0 Å². The number of rotatable bonds is 6. The Hall–Kier alpha value is -3.99. The maximum atomic E-state index is 13.8. The van der Waals surface area contributed by atoms with E-state index in [-0.39, 0.29) is 24.2 Å². The molecular weight excluding hydrogens is 592 g/mol. The molecule has 1 aromatic carbocycles. The number of hydrogen-bond acceptors (Lipinski definition) is 8. The molecule has 238 valence electrons. The number of methoxy groups -OCH3 is 1. The van der Waals surface area contributed by atoms with E-state index in [1.807, 2.05) is 41.8 Å².